The maximum absolute atomic E-state index is 9.00. The van der Waals surface area contributed by atoms with Crippen LogP contribution < -0.4 is 0 Å². The van der Waals surface area contributed by atoms with Crippen molar-refractivity contribution in [3.05, 3.63) is 70.8 Å². The SMILES string of the molecule is Cc1cccc(Cc2ccccc2C#N)c1. The monoisotopic (exact) mass is 207 g/mol. The van der Waals surface area contributed by atoms with Gasteiger partial charge in [-0.15, -0.1) is 0 Å². The maximum atomic E-state index is 9.00. The van der Waals surface area contributed by atoms with Crippen molar-refractivity contribution in [2.45, 2.75) is 13.3 Å². The Balaban J connectivity index is 2.31. The van der Waals surface area contributed by atoms with Gasteiger partial charge < -0.3 is 0 Å². The highest BCUT2D eigenvalue weighted by Gasteiger charge is 2.01. The molecule has 1 nitrogen and oxygen atoms in total. The van der Waals surface area contributed by atoms with E-state index in [1.165, 1.54) is 11.1 Å². The van der Waals surface area contributed by atoms with Crippen LogP contribution in [0.5, 0.6) is 0 Å². The summed E-state index contributed by atoms with van der Waals surface area (Å²) in [5, 5.41) is 9.00. The molecule has 0 radical (unpaired) electrons. The Bertz CT molecular complexity index is 535. The van der Waals surface area contributed by atoms with Crippen LogP contribution in [-0.2, 0) is 6.42 Å². The Morgan fingerprint density at radius 3 is 2.62 bits per heavy atom. The van der Waals surface area contributed by atoms with Crippen molar-refractivity contribution in [2.24, 2.45) is 0 Å². The van der Waals surface area contributed by atoms with Gasteiger partial charge in [-0.3, -0.25) is 0 Å². The molecule has 0 aromatic heterocycles. The largest absolute Gasteiger partial charge is 0.192 e. The molecule has 0 bridgehead atoms. The fourth-order valence-corrected chi connectivity index (χ4v) is 1.83. The van der Waals surface area contributed by atoms with E-state index in [0.29, 0.717) is 0 Å². The molecule has 0 atom stereocenters. The van der Waals surface area contributed by atoms with Crippen molar-refractivity contribution in [1.29, 1.82) is 5.26 Å². The van der Waals surface area contributed by atoms with E-state index in [4.69, 9.17) is 5.26 Å². The van der Waals surface area contributed by atoms with Gasteiger partial charge in [0.15, 0.2) is 0 Å². The first kappa shape index (κ1) is 10.4. The molecule has 78 valence electrons. The molecule has 0 spiro atoms. The topological polar surface area (TPSA) is 23.8 Å². The Morgan fingerprint density at radius 2 is 1.88 bits per heavy atom. The summed E-state index contributed by atoms with van der Waals surface area (Å²) in [6.45, 7) is 2.08. The van der Waals surface area contributed by atoms with Crippen molar-refractivity contribution in [1.82, 2.24) is 0 Å². The van der Waals surface area contributed by atoms with Gasteiger partial charge in [0.2, 0.25) is 0 Å². The molecule has 0 N–H and O–H groups in total. The number of benzene rings is 2. The minimum atomic E-state index is 0.768. The number of nitrogens with zero attached hydrogens (tertiary/aromatic N) is 1. The Hall–Kier alpha value is -2.07. The van der Waals surface area contributed by atoms with Gasteiger partial charge in [0, 0.05) is 0 Å². The fraction of sp³-hybridized carbons (Fsp3) is 0.133. The molecule has 2 aromatic rings. The summed E-state index contributed by atoms with van der Waals surface area (Å²) in [6, 6.07) is 18.4. The summed E-state index contributed by atoms with van der Waals surface area (Å²) in [5.41, 5.74) is 4.37. The summed E-state index contributed by atoms with van der Waals surface area (Å²) in [6.07, 6.45) is 0.825. The molecule has 1 heteroatoms. The number of hydrogen-bond donors (Lipinski definition) is 0. The summed E-state index contributed by atoms with van der Waals surface area (Å²) < 4.78 is 0. The van der Waals surface area contributed by atoms with E-state index in [-0.39, 0.29) is 0 Å². The van der Waals surface area contributed by atoms with Crippen molar-refractivity contribution < 1.29 is 0 Å². The van der Waals surface area contributed by atoms with Crippen molar-refractivity contribution in [2.75, 3.05) is 0 Å². The van der Waals surface area contributed by atoms with Crippen LogP contribution in [0.15, 0.2) is 48.5 Å². The molecule has 16 heavy (non-hydrogen) atoms. The average Bonchev–Trinajstić information content (AvgIpc) is 2.30. The number of nitriles is 1. The second-order valence-electron chi connectivity index (χ2n) is 3.93. The van der Waals surface area contributed by atoms with E-state index in [0.717, 1.165) is 17.5 Å². The van der Waals surface area contributed by atoms with Gasteiger partial charge in [0.1, 0.15) is 0 Å². The second-order valence-corrected chi connectivity index (χ2v) is 3.93. The van der Waals surface area contributed by atoms with E-state index in [1.54, 1.807) is 0 Å². The zero-order valence-corrected chi connectivity index (χ0v) is 9.27. The Labute approximate surface area is 96.0 Å². The minimum Gasteiger partial charge on any atom is -0.192 e. The van der Waals surface area contributed by atoms with E-state index >= 15 is 0 Å². The van der Waals surface area contributed by atoms with Crippen LogP contribution in [0, 0.1) is 18.3 Å². The highest BCUT2D eigenvalue weighted by Crippen LogP contribution is 2.14. The molecule has 0 saturated heterocycles. The molecule has 0 aliphatic rings. The van der Waals surface area contributed by atoms with Crippen LogP contribution in [0.2, 0.25) is 0 Å². The quantitative estimate of drug-likeness (QED) is 0.739. The summed E-state index contributed by atoms with van der Waals surface area (Å²) in [4.78, 5) is 0. The Morgan fingerprint density at radius 1 is 1.06 bits per heavy atom. The van der Waals surface area contributed by atoms with Crippen LogP contribution in [0.1, 0.15) is 22.3 Å². The molecule has 0 unspecified atom stereocenters. The zero-order valence-electron chi connectivity index (χ0n) is 9.27. The highest BCUT2D eigenvalue weighted by molar-refractivity contribution is 5.40. The number of rotatable bonds is 2. The third-order valence-electron chi connectivity index (χ3n) is 2.61. The van der Waals surface area contributed by atoms with Gasteiger partial charge >= 0.3 is 0 Å². The molecular weight excluding hydrogens is 194 g/mol. The molecule has 2 rings (SSSR count). The van der Waals surface area contributed by atoms with Crippen LogP contribution in [-0.4, -0.2) is 0 Å². The lowest BCUT2D eigenvalue weighted by Gasteiger charge is -2.04. The first-order chi connectivity index (χ1) is 7.79. The maximum Gasteiger partial charge on any atom is 0.0994 e. The lowest BCUT2D eigenvalue weighted by Crippen LogP contribution is -1.92. The van der Waals surface area contributed by atoms with Gasteiger partial charge in [-0.2, -0.15) is 5.26 Å². The van der Waals surface area contributed by atoms with Crippen LogP contribution in [0.3, 0.4) is 0 Å². The van der Waals surface area contributed by atoms with Crippen LogP contribution in [0.25, 0.3) is 0 Å². The zero-order chi connectivity index (χ0) is 11.4. The minimum absolute atomic E-state index is 0.768. The second kappa shape index (κ2) is 4.63. The molecular formula is C15H13N. The number of hydrogen-bond acceptors (Lipinski definition) is 1. The lowest BCUT2D eigenvalue weighted by atomic mass is 9.99. The lowest BCUT2D eigenvalue weighted by molar-refractivity contribution is 1.17. The summed E-state index contributed by atoms with van der Waals surface area (Å²) >= 11 is 0. The molecule has 0 heterocycles. The molecule has 0 aliphatic carbocycles. The fourth-order valence-electron chi connectivity index (χ4n) is 1.83. The van der Waals surface area contributed by atoms with Gasteiger partial charge in [-0.1, -0.05) is 48.0 Å². The van der Waals surface area contributed by atoms with Gasteiger partial charge in [0.25, 0.3) is 0 Å². The smallest absolute Gasteiger partial charge is 0.0994 e. The normalized spacial score (nSPS) is 9.75. The van der Waals surface area contributed by atoms with Crippen molar-refractivity contribution >= 4 is 0 Å². The molecule has 0 amide bonds. The van der Waals surface area contributed by atoms with Crippen LogP contribution in [0.4, 0.5) is 0 Å². The standard InChI is InChI=1S/C15H13N/c1-12-5-4-6-13(9-12)10-14-7-2-3-8-15(14)11-16/h2-9H,10H2,1H3. The first-order valence-electron chi connectivity index (χ1n) is 5.33. The van der Waals surface area contributed by atoms with Gasteiger partial charge in [-0.05, 0) is 30.5 Å². The molecule has 0 fully saturated rings. The summed E-state index contributed by atoms with van der Waals surface area (Å²) in [7, 11) is 0. The highest BCUT2D eigenvalue weighted by atomic mass is 14.2. The van der Waals surface area contributed by atoms with Gasteiger partial charge in [-0.25, -0.2) is 0 Å². The first-order valence-corrected chi connectivity index (χ1v) is 5.33. The predicted molar refractivity (Wildman–Crippen MR) is 65.1 cm³/mol. The van der Waals surface area contributed by atoms with Gasteiger partial charge in [0.05, 0.1) is 11.6 Å². The van der Waals surface area contributed by atoms with E-state index in [9.17, 15) is 0 Å². The van der Waals surface area contributed by atoms with Crippen molar-refractivity contribution in [3.8, 4) is 6.07 Å². The van der Waals surface area contributed by atoms with E-state index < -0.39 is 0 Å². The van der Waals surface area contributed by atoms with E-state index in [1.807, 2.05) is 24.3 Å². The third kappa shape index (κ3) is 2.29. The molecule has 0 aliphatic heterocycles. The Kier molecular flexibility index (Phi) is 3.03. The molecule has 2 aromatic carbocycles. The number of aryl methyl sites for hydroxylation is 1. The van der Waals surface area contributed by atoms with Crippen LogP contribution >= 0.6 is 0 Å². The van der Waals surface area contributed by atoms with Crippen molar-refractivity contribution in [3.63, 3.8) is 0 Å². The summed E-state index contributed by atoms with van der Waals surface area (Å²) in [5.74, 6) is 0. The molecule has 0 saturated carbocycles. The van der Waals surface area contributed by atoms with E-state index in [2.05, 4.69) is 37.3 Å². The third-order valence-corrected chi connectivity index (χ3v) is 2.61. The average molecular weight is 207 g/mol. The predicted octanol–water partition coefficient (Wildman–Crippen LogP) is 3.46.